The Morgan fingerprint density at radius 3 is 2.62 bits per heavy atom. The number of nitrogens with zero attached hydrogens (tertiary/aromatic N) is 4. The van der Waals surface area contributed by atoms with Crippen LogP contribution < -0.4 is 19.7 Å². The van der Waals surface area contributed by atoms with Gasteiger partial charge in [0.05, 0.1) is 28.2 Å². The molecule has 0 radical (unpaired) electrons. The zero-order chi connectivity index (χ0) is 42.7. The first-order chi connectivity index (χ1) is 29.3. The molecule has 0 saturated carbocycles. The molecule has 2 saturated heterocycles. The average molecular weight is 868 g/mol. The maximum absolute atomic E-state index is 13.9. The van der Waals surface area contributed by atoms with Gasteiger partial charge in [0.25, 0.3) is 21.6 Å². The van der Waals surface area contributed by atoms with Crippen molar-refractivity contribution in [2.24, 2.45) is 11.3 Å². The van der Waals surface area contributed by atoms with E-state index in [1.54, 1.807) is 30.5 Å². The van der Waals surface area contributed by atoms with Crippen molar-refractivity contribution < 1.29 is 27.6 Å². The second-order valence-electron chi connectivity index (χ2n) is 16.9. The number of H-pyrrole nitrogens is 1. The van der Waals surface area contributed by atoms with Crippen molar-refractivity contribution in [2.75, 3.05) is 62.7 Å². The van der Waals surface area contributed by atoms with Gasteiger partial charge in [-0.1, -0.05) is 43.2 Å². The van der Waals surface area contributed by atoms with E-state index in [-0.39, 0.29) is 28.3 Å². The van der Waals surface area contributed by atoms with Crippen molar-refractivity contribution in [2.45, 2.75) is 50.8 Å². The highest BCUT2D eigenvalue weighted by Crippen LogP contribution is 2.43. The molecule has 16 heteroatoms. The zero-order valence-electron chi connectivity index (χ0n) is 34.3. The fourth-order valence-corrected chi connectivity index (χ4v) is 9.53. The number of hydrogen-bond acceptors (Lipinski definition) is 11. The third kappa shape index (κ3) is 10.0. The zero-order valence-corrected chi connectivity index (χ0v) is 35.9. The number of amides is 1. The quantitative estimate of drug-likeness (QED) is 0.0764. The van der Waals surface area contributed by atoms with Crippen LogP contribution in [0.25, 0.3) is 16.6 Å². The molecular weight excluding hydrogens is 818 g/mol. The van der Waals surface area contributed by atoms with Crippen LogP contribution in [0.2, 0.25) is 5.02 Å². The van der Waals surface area contributed by atoms with Gasteiger partial charge in [0.1, 0.15) is 22.8 Å². The first kappa shape index (κ1) is 42.2. The van der Waals surface area contributed by atoms with E-state index >= 15 is 0 Å². The molecule has 2 fully saturated rings. The number of nitro groups is 1. The summed E-state index contributed by atoms with van der Waals surface area (Å²) in [5.74, 6) is -0.296. The van der Waals surface area contributed by atoms with Crippen LogP contribution in [0.3, 0.4) is 0 Å². The van der Waals surface area contributed by atoms with Crippen LogP contribution in [-0.4, -0.2) is 86.6 Å². The number of anilines is 2. The van der Waals surface area contributed by atoms with Crippen LogP contribution in [0.1, 0.15) is 61.9 Å². The summed E-state index contributed by atoms with van der Waals surface area (Å²) in [6.07, 6.45) is 8.31. The van der Waals surface area contributed by atoms with Gasteiger partial charge in [-0.15, -0.1) is 0 Å². The van der Waals surface area contributed by atoms with E-state index in [1.165, 1.54) is 35.0 Å². The molecule has 14 nitrogen and oxygen atoms in total. The number of rotatable bonds is 13. The maximum atomic E-state index is 13.9. The largest absolute Gasteiger partial charge is 0.455 e. The van der Waals surface area contributed by atoms with Crippen molar-refractivity contribution in [3.8, 4) is 11.5 Å². The van der Waals surface area contributed by atoms with Gasteiger partial charge in [0.15, 0.2) is 0 Å². The molecule has 0 unspecified atom stereocenters. The number of piperazine rings is 1. The van der Waals surface area contributed by atoms with E-state index < -0.39 is 31.4 Å². The molecule has 1 aliphatic carbocycles. The van der Waals surface area contributed by atoms with Crippen LogP contribution in [0.5, 0.6) is 11.5 Å². The number of aromatic amines is 1. The summed E-state index contributed by atoms with van der Waals surface area (Å²) >= 11 is 6.24. The van der Waals surface area contributed by atoms with E-state index in [2.05, 4.69) is 55.8 Å². The molecule has 3 aromatic carbocycles. The van der Waals surface area contributed by atoms with E-state index in [1.807, 2.05) is 18.2 Å². The molecule has 3 aliphatic rings. The summed E-state index contributed by atoms with van der Waals surface area (Å²) in [7, 11) is -4.56. The highest BCUT2D eigenvalue weighted by Gasteiger charge is 2.31. The predicted octanol–water partition coefficient (Wildman–Crippen LogP) is 8.66. The van der Waals surface area contributed by atoms with Crippen molar-refractivity contribution >= 4 is 61.2 Å². The van der Waals surface area contributed by atoms with Gasteiger partial charge in [0, 0.05) is 80.3 Å². The summed E-state index contributed by atoms with van der Waals surface area (Å²) in [5, 5.41) is 16.7. The minimum atomic E-state index is -4.56. The topological polar surface area (TPSA) is 172 Å². The fourth-order valence-electron chi connectivity index (χ4n) is 8.42. The van der Waals surface area contributed by atoms with Crippen molar-refractivity contribution in [3.63, 3.8) is 0 Å². The van der Waals surface area contributed by atoms with Gasteiger partial charge in [0.2, 0.25) is 0 Å². The molecule has 4 heterocycles. The monoisotopic (exact) mass is 867 g/mol. The van der Waals surface area contributed by atoms with Gasteiger partial charge >= 0.3 is 0 Å². The Balaban J connectivity index is 1.00. The fraction of sp³-hybridized carbons (Fsp3) is 0.378. The molecule has 320 valence electrons. The van der Waals surface area contributed by atoms with Crippen LogP contribution in [-0.2, 0) is 14.8 Å². The minimum Gasteiger partial charge on any atom is -0.455 e. The van der Waals surface area contributed by atoms with Crippen molar-refractivity contribution in [1.82, 2.24) is 19.6 Å². The molecular formula is C45H50ClN7O7S. The maximum Gasteiger partial charge on any atom is 0.293 e. The number of benzene rings is 3. The number of sulfonamides is 1. The number of aromatic nitrogens is 2. The Labute approximate surface area is 360 Å². The van der Waals surface area contributed by atoms with Crippen LogP contribution in [0.15, 0.2) is 95.7 Å². The lowest BCUT2D eigenvalue weighted by Crippen LogP contribution is -2.47. The van der Waals surface area contributed by atoms with E-state index in [4.69, 9.17) is 21.1 Å². The lowest BCUT2D eigenvalue weighted by atomic mass is 9.72. The van der Waals surface area contributed by atoms with E-state index in [9.17, 15) is 23.3 Å². The number of nitro benzene ring substituents is 1. The third-order valence-electron chi connectivity index (χ3n) is 11.9. The molecule has 2 aliphatic heterocycles. The Morgan fingerprint density at radius 1 is 1.07 bits per heavy atom. The number of fused-ring (bicyclic) bond motifs is 1. The second-order valence-corrected chi connectivity index (χ2v) is 19.0. The van der Waals surface area contributed by atoms with Crippen LogP contribution >= 0.6 is 11.6 Å². The molecule has 2 aromatic heterocycles. The Morgan fingerprint density at radius 2 is 1.87 bits per heavy atom. The highest BCUT2D eigenvalue weighted by atomic mass is 35.5. The minimum absolute atomic E-state index is 0.0375. The molecule has 61 heavy (non-hydrogen) atoms. The number of pyridine rings is 1. The van der Waals surface area contributed by atoms with Crippen molar-refractivity contribution in [1.29, 1.82) is 0 Å². The number of carbonyl (C=O) groups is 1. The summed E-state index contributed by atoms with van der Waals surface area (Å²) in [6, 6.07) is 20.4. The number of nitrogens with one attached hydrogen (secondary N) is 3. The van der Waals surface area contributed by atoms with Gasteiger partial charge < -0.3 is 24.7 Å². The SMILES string of the molecule is CC1(C)CCC(CN2CCN(c3ccc(C(=O)NS(=O)(=O)c4ccc(NC[C@H]5CCCOC5)c([N+](=O)[O-])c4)c(Oc4cnc5[nH]ccc5c4)c3)CC2)=C(c2ccc(Cl)cc2)C1. The van der Waals surface area contributed by atoms with Crippen LogP contribution in [0.4, 0.5) is 17.1 Å². The number of ether oxygens (including phenoxy) is 2. The van der Waals surface area contributed by atoms with Gasteiger partial charge in [-0.25, -0.2) is 18.1 Å². The molecule has 3 N–H and O–H groups in total. The van der Waals surface area contributed by atoms with E-state index in [0.717, 1.165) is 87.0 Å². The summed E-state index contributed by atoms with van der Waals surface area (Å²) in [5.41, 5.74) is 5.52. The molecule has 1 atom stereocenters. The number of allylic oxidation sites excluding steroid dienone is 1. The standard InChI is InChI=1S/C45H50ClN7O7S/c1-45(2)15-13-33(39(25-45)31-5-7-34(46)8-6-31)28-51-17-19-52(20-18-51)35-9-11-38(42(23-35)60-36-22-32-14-16-47-43(32)49-27-36)44(54)50-61(57,58)37-10-12-40(41(24-37)53(55)56)48-26-30-4-3-21-59-29-30/h5-12,14,16,22-24,27,30,48H,3-4,13,15,17-21,25-26,28-29H2,1-2H3,(H,47,49)(H,50,54)/t30-/m1/s1. The summed E-state index contributed by atoms with van der Waals surface area (Å²) in [4.78, 5) is 37.1. The normalized spacial score (nSPS) is 18.5. The average Bonchev–Trinajstić information content (AvgIpc) is 3.72. The second kappa shape index (κ2) is 17.9. The molecule has 8 rings (SSSR count). The molecule has 5 aromatic rings. The molecule has 0 bridgehead atoms. The molecule has 0 spiro atoms. The van der Waals surface area contributed by atoms with Crippen LogP contribution in [0, 0.1) is 21.4 Å². The Kier molecular flexibility index (Phi) is 12.4. The number of carbonyl (C=O) groups excluding carboxylic acids is 1. The number of hydrogen-bond donors (Lipinski definition) is 3. The lowest BCUT2D eigenvalue weighted by molar-refractivity contribution is -0.384. The Hall–Kier alpha value is -5.48. The smallest absolute Gasteiger partial charge is 0.293 e. The van der Waals surface area contributed by atoms with Gasteiger partial charge in [-0.3, -0.25) is 19.8 Å². The first-order valence-electron chi connectivity index (χ1n) is 20.7. The van der Waals surface area contributed by atoms with Crippen molar-refractivity contribution in [3.05, 3.63) is 117 Å². The highest BCUT2D eigenvalue weighted by molar-refractivity contribution is 7.90. The third-order valence-corrected chi connectivity index (χ3v) is 13.5. The lowest BCUT2D eigenvalue weighted by Gasteiger charge is -2.39. The first-order valence-corrected chi connectivity index (χ1v) is 22.5. The predicted molar refractivity (Wildman–Crippen MR) is 237 cm³/mol. The van der Waals surface area contributed by atoms with E-state index in [0.29, 0.717) is 31.2 Å². The summed E-state index contributed by atoms with van der Waals surface area (Å²) in [6.45, 7) is 10.3. The Bertz CT molecular complexity index is 2560. The van der Waals surface area contributed by atoms with Gasteiger partial charge in [-0.2, -0.15) is 0 Å². The number of halogens is 1. The summed E-state index contributed by atoms with van der Waals surface area (Å²) < 4.78 is 41.3. The van der Waals surface area contributed by atoms with Gasteiger partial charge in [-0.05, 0) is 103 Å². The molecule has 1 amide bonds.